The molecule has 0 aromatic heterocycles. The second kappa shape index (κ2) is 8.69. The quantitative estimate of drug-likeness (QED) is 0.758. The third kappa shape index (κ3) is 4.01. The average molecular weight is 413 g/mol. The Morgan fingerprint density at radius 1 is 1.10 bits per heavy atom. The van der Waals surface area contributed by atoms with E-state index in [0.717, 1.165) is 45.8 Å². The van der Waals surface area contributed by atoms with Gasteiger partial charge in [0.1, 0.15) is 0 Å². The lowest BCUT2D eigenvalue weighted by Gasteiger charge is -2.39. The zero-order chi connectivity index (χ0) is 21.3. The molecule has 0 N–H and O–H groups in total. The molecule has 1 atom stereocenters. The van der Waals surface area contributed by atoms with E-state index in [1.54, 1.807) is 0 Å². The third-order valence-electron chi connectivity index (χ3n) is 7.12. The molecule has 1 unspecified atom stereocenters. The summed E-state index contributed by atoms with van der Waals surface area (Å²) in [6, 6.07) is 8.67. The lowest BCUT2D eigenvalue weighted by Crippen LogP contribution is -2.55. The number of likely N-dealkylation sites (N-methyl/N-ethyl adjacent to an activating group) is 1. The van der Waals surface area contributed by atoms with E-state index in [9.17, 15) is 4.79 Å². The van der Waals surface area contributed by atoms with E-state index >= 15 is 0 Å². The third-order valence-corrected chi connectivity index (χ3v) is 7.12. The van der Waals surface area contributed by atoms with Gasteiger partial charge in [-0.3, -0.25) is 14.6 Å². The molecule has 2 saturated heterocycles. The highest BCUT2D eigenvalue weighted by Crippen LogP contribution is 2.46. The van der Waals surface area contributed by atoms with Gasteiger partial charge < -0.3 is 14.5 Å². The van der Waals surface area contributed by atoms with Crippen molar-refractivity contribution in [1.29, 1.82) is 0 Å². The minimum Gasteiger partial charge on any atom is -0.378 e. The predicted octanol–water partition coefficient (Wildman–Crippen LogP) is 2.16. The predicted molar refractivity (Wildman–Crippen MR) is 121 cm³/mol. The Bertz CT molecular complexity index is 792. The number of piperazine rings is 1. The highest BCUT2D eigenvalue weighted by molar-refractivity contribution is 5.81. The molecule has 1 aromatic carbocycles. The maximum absolute atomic E-state index is 12.8. The van der Waals surface area contributed by atoms with Gasteiger partial charge in [0.15, 0.2) is 0 Å². The van der Waals surface area contributed by atoms with Gasteiger partial charge in [-0.05, 0) is 18.6 Å². The van der Waals surface area contributed by atoms with Crippen molar-refractivity contribution in [2.75, 3.05) is 71.0 Å². The summed E-state index contributed by atoms with van der Waals surface area (Å²) in [5.74, 6) is 0.251. The first-order valence-electron chi connectivity index (χ1n) is 11.3. The van der Waals surface area contributed by atoms with Crippen molar-refractivity contribution in [3.05, 3.63) is 41.6 Å². The van der Waals surface area contributed by atoms with Crippen molar-refractivity contribution in [2.24, 2.45) is 0 Å². The van der Waals surface area contributed by atoms with E-state index in [4.69, 9.17) is 4.74 Å². The SMILES string of the molecule is CC(C(=O)N1CCOCC1)N1CCN(C/C=C2/N(C)c3ccccc3C2(C)C)CC1. The molecular weight excluding hydrogens is 376 g/mol. The Balaban J connectivity index is 1.32. The summed E-state index contributed by atoms with van der Waals surface area (Å²) in [4.78, 5) is 21.9. The van der Waals surface area contributed by atoms with Crippen molar-refractivity contribution in [3.8, 4) is 0 Å². The summed E-state index contributed by atoms with van der Waals surface area (Å²) in [5.41, 5.74) is 4.13. The topological polar surface area (TPSA) is 39.3 Å². The van der Waals surface area contributed by atoms with Crippen molar-refractivity contribution >= 4 is 11.6 Å². The van der Waals surface area contributed by atoms with Crippen LogP contribution in [0.15, 0.2) is 36.0 Å². The van der Waals surface area contributed by atoms with Gasteiger partial charge in [0.2, 0.25) is 5.91 Å². The number of hydrogen-bond acceptors (Lipinski definition) is 5. The van der Waals surface area contributed by atoms with E-state index in [2.05, 4.69) is 72.9 Å². The fraction of sp³-hybridized carbons (Fsp3) is 0.625. The van der Waals surface area contributed by atoms with Crippen LogP contribution in [0, 0.1) is 0 Å². The number of anilines is 1. The van der Waals surface area contributed by atoms with Crippen LogP contribution in [-0.4, -0.2) is 92.7 Å². The number of hydrogen-bond donors (Lipinski definition) is 0. The maximum atomic E-state index is 12.8. The Labute approximate surface area is 181 Å². The molecule has 2 fully saturated rings. The first kappa shape index (κ1) is 21.3. The number of carbonyl (C=O) groups excluding carboxylic acids is 1. The Morgan fingerprint density at radius 2 is 1.77 bits per heavy atom. The molecule has 0 bridgehead atoms. The lowest BCUT2D eigenvalue weighted by atomic mass is 9.84. The van der Waals surface area contributed by atoms with Crippen LogP contribution in [0.1, 0.15) is 26.3 Å². The van der Waals surface area contributed by atoms with E-state index in [1.165, 1.54) is 16.9 Å². The molecule has 3 aliphatic rings. The summed E-state index contributed by atoms with van der Waals surface area (Å²) < 4.78 is 5.38. The van der Waals surface area contributed by atoms with Gasteiger partial charge in [-0.1, -0.05) is 38.1 Å². The number of ether oxygens (including phenoxy) is 1. The van der Waals surface area contributed by atoms with Gasteiger partial charge in [0.25, 0.3) is 0 Å². The fourth-order valence-corrected chi connectivity index (χ4v) is 5.13. The van der Waals surface area contributed by atoms with Crippen LogP contribution in [0.3, 0.4) is 0 Å². The van der Waals surface area contributed by atoms with Crippen LogP contribution in [0.25, 0.3) is 0 Å². The summed E-state index contributed by atoms with van der Waals surface area (Å²) in [7, 11) is 2.18. The minimum atomic E-state index is -0.0435. The molecule has 0 spiro atoms. The van der Waals surface area contributed by atoms with Crippen LogP contribution < -0.4 is 4.90 Å². The Kier molecular flexibility index (Phi) is 6.19. The molecule has 1 amide bonds. The van der Waals surface area contributed by atoms with E-state index < -0.39 is 0 Å². The smallest absolute Gasteiger partial charge is 0.239 e. The molecule has 0 aliphatic carbocycles. The molecule has 6 heteroatoms. The van der Waals surface area contributed by atoms with Gasteiger partial charge >= 0.3 is 0 Å². The lowest BCUT2D eigenvalue weighted by molar-refractivity contribution is -0.141. The first-order chi connectivity index (χ1) is 14.4. The second-order valence-electron chi connectivity index (χ2n) is 9.24. The molecule has 3 heterocycles. The summed E-state index contributed by atoms with van der Waals surface area (Å²) >= 11 is 0. The minimum absolute atomic E-state index is 0.0340. The molecule has 0 radical (unpaired) electrons. The Hall–Kier alpha value is -1.89. The number of rotatable bonds is 4. The monoisotopic (exact) mass is 412 g/mol. The average Bonchev–Trinajstić information content (AvgIpc) is 2.98. The Morgan fingerprint density at radius 3 is 2.43 bits per heavy atom. The number of para-hydroxylation sites is 1. The number of benzene rings is 1. The van der Waals surface area contributed by atoms with Gasteiger partial charge in [0, 0.05) is 69.7 Å². The van der Waals surface area contributed by atoms with Gasteiger partial charge in [-0.25, -0.2) is 0 Å². The van der Waals surface area contributed by atoms with Gasteiger partial charge in [0.05, 0.1) is 19.3 Å². The highest BCUT2D eigenvalue weighted by atomic mass is 16.5. The molecular formula is C24H36N4O2. The molecule has 1 aromatic rings. The van der Waals surface area contributed by atoms with E-state index in [0.29, 0.717) is 13.2 Å². The van der Waals surface area contributed by atoms with Crippen molar-refractivity contribution in [1.82, 2.24) is 14.7 Å². The number of morpholine rings is 1. The molecule has 0 saturated carbocycles. The fourth-order valence-electron chi connectivity index (χ4n) is 5.13. The van der Waals surface area contributed by atoms with E-state index in [1.807, 2.05) is 4.90 Å². The second-order valence-corrected chi connectivity index (χ2v) is 9.24. The molecule has 3 aliphatic heterocycles. The molecule has 4 rings (SSSR count). The summed E-state index contributed by atoms with van der Waals surface area (Å²) in [6.45, 7) is 14.3. The van der Waals surface area contributed by atoms with Crippen LogP contribution >= 0.6 is 0 Å². The van der Waals surface area contributed by atoms with Crippen molar-refractivity contribution in [2.45, 2.75) is 32.2 Å². The van der Waals surface area contributed by atoms with Crippen LogP contribution in [0.4, 0.5) is 5.69 Å². The van der Waals surface area contributed by atoms with Crippen LogP contribution in [0.2, 0.25) is 0 Å². The van der Waals surface area contributed by atoms with Gasteiger partial charge in [-0.15, -0.1) is 0 Å². The van der Waals surface area contributed by atoms with E-state index in [-0.39, 0.29) is 17.4 Å². The molecule has 30 heavy (non-hydrogen) atoms. The maximum Gasteiger partial charge on any atom is 0.239 e. The first-order valence-corrected chi connectivity index (χ1v) is 11.3. The number of fused-ring (bicyclic) bond motifs is 1. The molecule has 164 valence electrons. The highest BCUT2D eigenvalue weighted by Gasteiger charge is 2.38. The largest absolute Gasteiger partial charge is 0.378 e. The zero-order valence-corrected chi connectivity index (χ0v) is 18.9. The summed E-state index contributed by atoms with van der Waals surface area (Å²) in [5, 5.41) is 0. The standard InChI is InChI=1S/C24H36N4O2/c1-19(23(29)28-15-17-30-18-16-28)27-13-11-26(12-14-27)10-9-22-24(2,3)20-7-5-6-8-21(20)25(22)4/h5-9,19H,10-18H2,1-4H3/b22-9+. The van der Waals surface area contributed by atoms with Crippen LogP contribution in [0.5, 0.6) is 0 Å². The van der Waals surface area contributed by atoms with Gasteiger partial charge in [-0.2, -0.15) is 0 Å². The number of amides is 1. The number of carbonyl (C=O) groups is 1. The number of allylic oxidation sites excluding steroid dienone is 1. The molecule has 6 nitrogen and oxygen atoms in total. The zero-order valence-electron chi connectivity index (χ0n) is 18.9. The van der Waals surface area contributed by atoms with Crippen molar-refractivity contribution < 1.29 is 9.53 Å². The number of nitrogens with zero attached hydrogens (tertiary/aromatic N) is 4. The summed E-state index contributed by atoms with van der Waals surface area (Å²) in [6.07, 6.45) is 2.40. The normalized spacial score (nSPS) is 24.9. The van der Waals surface area contributed by atoms with Crippen molar-refractivity contribution in [3.63, 3.8) is 0 Å². The van der Waals surface area contributed by atoms with Crippen LogP contribution in [-0.2, 0) is 14.9 Å².